The Morgan fingerprint density at radius 2 is 1.58 bits per heavy atom. The lowest BCUT2D eigenvalue weighted by Crippen LogP contribution is -2.51. The largest absolute Gasteiger partial charge is 0.457 e. The van der Waals surface area contributed by atoms with E-state index in [1.165, 1.54) is 6.08 Å². The second-order valence-corrected chi connectivity index (χ2v) is 10.5. The lowest BCUT2D eigenvalue weighted by Gasteiger charge is -2.35. The summed E-state index contributed by atoms with van der Waals surface area (Å²) in [7, 11) is 0. The van der Waals surface area contributed by atoms with E-state index < -0.39 is 35.1 Å². The van der Waals surface area contributed by atoms with E-state index >= 15 is 0 Å². The fourth-order valence-electron chi connectivity index (χ4n) is 3.70. The van der Waals surface area contributed by atoms with Crippen LogP contribution in [0.3, 0.4) is 0 Å². The Labute approximate surface area is 186 Å². The average Bonchev–Trinajstić information content (AvgIpc) is 2.83. The van der Waals surface area contributed by atoms with Gasteiger partial charge in [0.15, 0.2) is 0 Å². The molecule has 1 heterocycles. The number of nitrogens with zero attached hydrogens (tertiary/aromatic N) is 1. The molecule has 0 aromatic heterocycles. The Hall–Kier alpha value is -2.34. The highest BCUT2D eigenvalue weighted by atomic mass is 16.6. The molecule has 1 aliphatic rings. The highest BCUT2D eigenvalue weighted by molar-refractivity contribution is 5.83. The fourth-order valence-corrected chi connectivity index (χ4v) is 3.70. The van der Waals surface area contributed by atoms with Crippen LogP contribution in [0, 0.1) is 0 Å². The van der Waals surface area contributed by atoms with Gasteiger partial charge in [-0.15, -0.1) is 0 Å². The van der Waals surface area contributed by atoms with Crippen LogP contribution in [0.2, 0.25) is 0 Å². The van der Waals surface area contributed by atoms with E-state index in [9.17, 15) is 9.59 Å². The number of benzene rings is 1. The number of hydrogen-bond acceptors (Lipinski definition) is 5. The third kappa shape index (κ3) is 7.10. The molecule has 0 radical (unpaired) electrons. The van der Waals surface area contributed by atoms with Crippen molar-refractivity contribution < 1.29 is 23.8 Å². The van der Waals surface area contributed by atoms with Gasteiger partial charge in [-0.2, -0.15) is 0 Å². The van der Waals surface area contributed by atoms with Gasteiger partial charge in [-0.3, -0.25) is 4.90 Å². The molecule has 172 valence electrons. The predicted molar refractivity (Wildman–Crippen MR) is 121 cm³/mol. The van der Waals surface area contributed by atoms with Gasteiger partial charge >= 0.3 is 12.1 Å². The van der Waals surface area contributed by atoms with Crippen LogP contribution in [0.5, 0.6) is 0 Å². The van der Waals surface area contributed by atoms with Crippen molar-refractivity contribution in [1.82, 2.24) is 4.90 Å². The molecule has 1 aromatic rings. The Kier molecular flexibility index (Phi) is 7.26. The van der Waals surface area contributed by atoms with Crippen LogP contribution in [0.15, 0.2) is 42.0 Å². The fraction of sp³-hybridized carbons (Fsp3) is 0.600. The van der Waals surface area contributed by atoms with E-state index in [1.807, 2.05) is 92.6 Å². The maximum atomic E-state index is 13.2. The van der Waals surface area contributed by atoms with E-state index in [1.54, 1.807) is 4.90 Å². The van der Waals surface area contributed by atoms with Gasteiger partial charge in [0.2, 0.25) is 0 Å². The molecule has 6 heteroatoms. The number of rotatable bonds is 4. The predicted octanol–water partition coefficient (Wildman–Crippen LogP) is 5.26. The van der Waals surface area contributed by atoms with Crippen LogP contribution in [-0.4, -0.2) is 46.0 Å². The summed E-state index contributed by atoms with van der Waals surface area (Å²) in [6.45, 7) is 16.5. The van der Waals surface area contributed by atoms with E-state index in [0.29, 0.717) is 12.0 Å². The Bertz CT molecular complexity index is 815. The van der Waals surface area contributed by atoms with Crippen molar-refractivity contribution in [3.8, 4) is 0 Å². The van der Waals surface area contributed by atoms with Crippen molar-refractivity contribution in [2.45, 2.75) is 97.8 Å². The minimum atomic E-state index is -0.907. The number of hydrogen-bond donors (Lipinski definition) is 0. The molecule has 2 atom stereocenters. The molecule has 0 spiro atoms. The molecule has 1 amide bonds. The molecule has 1 fully saturated rings. The van der Waals surface area contributed by atoms with Crippen molar-refractivity contribution in [3.63, 3.8) is 0 Å². The third-order valence-electron chi connectivity index (χ3n) is 4.76. The van der Waals surface area contributed by atoms with Crippen molar-refractivity contribution in [3.05, 3.63) is 47.5 Å². The Morgan fingerprint density at radius 3 is 2.10 bits per heavy atom. The van der Waals surface area contributed by atoms with Crippen LogP contribution in [0.4, 0.5) is 4.79 Å². The summed E-state index contributed by atoms with van der Waals surface area (Å²) >= 11 is 0. The average molecular weight is 432 g/mol. The summed E-state index contributed by atoms with van der Waals surface area (Å²) in [5, 5.41) is 0. The van der Waals surface area contributed by atoms with Crippen LogP contribution in [-0.2, 0) is 25.4 Å². The summed E-state index contributed by atoms with van der Waals surface area (Å²) < 4.78 is 17.5. The smallest absolute Gasteiger partial charge is 0.412 e. The maximum absolute atomic E-state index is 13.2. The number of amides is 1. The first-order valence-corrected chi connectivity index (χ1v) is 10.7. The number of ether oxygens (including phenoxy) is 3. The summed E-state index contributed by atoms with van der Waals surface area (Å²) in [4.78, 5) is 27.2. The number of carbonyl (C=O) groups excluding carboxylic acids is 2. The molecule has 1 saturated heterocycles. The minimum absolute atomic E-state index is 0.342. The second-order valence-electron chi connectivity index (χ2n) is 10.5. The highest BCUT2D eigenvalue weighted by Crippen LogP contribution is 2.38. The summed E-state index contributed by atoms with van der Waals surface area (Å²) in [5.74, 6) is -0.430. The Morgan fingerprint density at radius 1 is 1.03 bits per heavy atom. The van der Waals surface area contributed by atoms with Gasteiger partial charge < -0.3 is 14.2 Å². The highest BCUT2D eigenvalue weighted by Gasteiger charge is 2.51. The van der Waals surface area contributed by atoms with Crippen molar-refractivity contribution >= 4 is 12.1 Å². The van der Waals surface area contributed by atoms with Crippen LogP contribution in [0.1, 0.15) is 67.9 Å². The number of carbonyl (C=O) groups is 2. The normalized spacial score (nSPS) is 21.7. The van der Waals surface area contributed by atoms with E-state index in [-0.39, 0.29) is 6.04 Å². The molecule has 0 aliphatic carbocycles. The molecular formula is C25H37NO5. The molecule has 31 heavy (non-hydrogen) atoms. The topological polar surface area (TPSA) is 65.1 Å². The molecule has 6 nitrogen and oxygen atoms in total. The molecular weight excluding hydrogens is 394 g/mol. The molecule has 0 saturated carbocycles. The molecule has 0 unspecified atom stereocenters. The molecule has 1 aliphatic heterocycles. The minimum Gasteiger partial charge on any atom is -0.457 e. The third-order valence-corrected chi connectivity index (χ3v) is 4.76. The molecule has 2 rings (SSSR count). The van der Waals surface area contributed by atoms with E-state index in [0.717, 1.165) is 5.56 Å². The van der Waals surface area contributed by atoms with Crippen molar-refractivity contribution in [2.75, 3.05) is 0 Å². The SMILES string of the molecule is C/C(=C\C(=O)OC(C)(C)C)[C@H]1OC(C)(C)N(C(=O)OC(C)(C)C)[C@@H]1Cc1ccccc1. The lowest BCUT2D eigenvalue weighted by atomic mass is 9.96. The molecule has 1 aromatic carbocycles. The maximum Gasteiger partial charge on any atom is 0.412 e. The summed E-state index contributed by atoms with van der Waals surface area (Å²) in [6.07, 6.45) is 1.11. The zero-order valence-electron chi connectivity index (χ0n) is 20.3. The summed E-state index contributed by atoms with van der Waals surface area (Å²) in [6, 6.07) is 9.57. The monoisotopic (exact) mass is 431 g/mol. The van der Waals surface area contributed by atoms with Gasteiger partial charge in [0.25, 0.3) is 0 Å². The van der Waals surface area contributed by atoms with Crippen LogP contribution in [0.25, 0.3) is 0 Å². The van der Waals surface area contributed by atoms with Gasteiger partial charge in [0.05, 0.1) is 6.04 Å². The zero-order chi connectivity index (χ0) is 23.6. The van der Waals surface area contributed by atoms with Gasteiger partial charge in [-0.25, -0.2) is 9.59 Å². The van der Waals surface area contributed by atoms with Gasteiger partial charge in [0, 0.05) is 6.08 Å². The quantitative estimate of drug-likeness (QED) is 0.481. The number of esters is 1. The Balaban J connectivity index is 2.41. The first-order valence-electron chi connectivity index (χ1n) is 10.7. The lowest BCUT2D eigenvalue weighted by molar-refractivity contribution is -0.148. The first kappa shape index (κ1) is 24.9. The first-order chi connectivity index (χ1) is 14.1. The van der Waals surface area contributed by atoms with Gasteiger partial charge in [0.1, 0.15) is 23.0 Å². The van der Waals surface area contributed by atoms with Crippen molar-refractivity contribution in [1.29, 1.82) is 0 Å². The van der Waals surface area contributed by atoms with Crippen molar-refractivity contribution in [2.24, 2.45) is 0 Å². The van der Waals surface area contributed by atoms with E-state index in [2.05, 4.69) is 0 Å². The van der Waals surface area contributed by atoms with Crippen LogP contribution >= 0.6 is 0 Å². The zero-order valence-corrected chi connectivity index (χ0v) is 20.3. The molecule has 0 bridgehead atoms. The second kappa shape index (κ2) is 9.03. The standard InChI is InChI=1S/C25H37NO5/c1-17(15-20(27)29-23(2,3)4)21-19(16-18-13-11-10-12-14-18)26(25(8,9)30-21)22(28)31-24(5,6)7/h10-15,19,21H,16H2,1-9H3/b17-15+/t19-,21-/m1/s1. The van der Waals surface area contributed by atoms with E-state index in [4.69, 9.17) is 14.2 Å². The summed E-state index contributed by atoms with van der Waals surface area (Å²) in [5.41, 5.74) is -0.360. The van der Waals surface area contributed by atoms with Gasteiger partial charge in [-0.1, -0.05) is 30.3 Å². The van der Waals surface area contributed by atoms with Crippen LogP contribution < -0.4 is 0 Å². The van der Waals surface area contributed by atoms with Gasteiger partial charge in [-0.05, 0) is 79.9 Å². The molecule has 0 N–H and O–H groups in total.